The molecule has 0 saturated carbocycles. The molecule has 1 fully saturated rings. The summed E-state index contributed by atoms with van der Waals surface area (Å²) in [4.78, 5) is 16.3. The van der Waals surface area contributed by atoms with Gasteiger partial charge in [0.1, 0.15) is 17.0 Å². The van der Waals surface area contributed by atoms with Crippen LogP contribution < -0.4 is 15.4 Å². The molecule has 7 nitrogen and oxygen atoms in total. The van der Waals surface area contributed by atoms with Crippen LogP contribution in [0.5, 0.6) is 5.75 Å². The average Bonchev–Trinajstić information content (AvgIpc) is 3.18. The first-order valence-electron chi connectivity index (χ1n) is 10.3. The second kappa shape index (κ2) is 9.04. The topological polar surface area (TPSA) is 84.8 Å². The maximum atomic E-state index is 13.2. The summed E-state index contributed by atoms with van der Waals surface area (Å²) in [7, 11) is 0. The van der Waals surface area contributed by atoms with E-state index in [9.17, 15) is 31.1 Å². The van der Waals surface area contributed by atoms with Crippen LogP contribution in [0.1, 0.15) is 15.9 Å². The Balaban J connectivity index is 1.54. The van der Waals surface area contributed by atoms with Gasteiger partial charge in [-0.2, -0.15) is 13.2 Å². The molecule has 3 aromatic rings. The molecule has 35 heavy (non-hydrogen) atoms. The molecular formula is C22H18F6N4O3. The van der Waals surface area contributed by atoms with Gasteiger partial charge in [-0.15, -0.1) is 13.2 Å². The highest BCUT2D eigenvalue weighted by Crippen LogP contribution is 2.37. The van der Waals surface area contributed by atoms with E-state index in [0.29, 0.717) is 5.69 Å². The van der Waals surface area contributed by atoms with Gasteiger partial charge in [-0.25, -0.2) is 0 Å². The van der Waals surface area contributed by atoms with Crippen molar-refractivity contribution in [3.63, 3.8) is 0 Å². The molecule has 0 aliphatic carbocycles. The maximum absolute atomic E-state index is 13.2. The van der Waals surface area contributed by atoms with Gasteiger partial charge >= 0.3 is 12.5 Å². The van der Waals surface area contributed by atoms with Gasteiger partial charge in [-0.3, -0.25) is 4.79 Å². The summed E-state index contributed by atoms with van der Waals surface area (Å²) < 4.78 is 86.5. The zero-order valence-electron chi connectivity index (χ0n) is 17.9. The number of ether oxygens (including phenoxy) is 1. The number of para-hydroxylation sites is 1. The molecule has 1 aliphatic rings. The number of hydrogen-bond acceptors (Lipinski definition) is 6. The zero-order valence-corrected chi connectivity index (χ0v) is 17.9. The first kappa shape index (κ1) is 24.2. The van der Waals surface area contributed by atoms with E-state index in [1.54, 1.807) is 11.0 Å². The van der Waals surface area contributed by atoms with Crippen molar-refractivity contribution in [3.8, 4) is 17.0 Å². The minimum atomic E-state index is -4.98. The van der Waals surface area contributed by atoms with E-state index in [1.807, 2.05) is 0 Å². The summed E-state index contributed by atoms with van der Waals surface area (Å²) in [5.74, 6) is -1.60. The zero-order chi connectivity index (χ0) is 25.4. The van der Waals surface area contributed by atoms with Gasteiger partial charge in [0.25, 0.3) is 5.91 Å². The summed E-state index contributed by atoms with van der Waals surface area (Å²) in [6.45, 7) is 0.697. The minimum Gasteiger partial charge on any atom is -0.405 e. The maximum Gasteiger partial charge on any atom is 0.573 e. The Labute approximate surface area is 194 Å². The third kappa shape index (κ3) is 5.28. The fourth-order valence-electron chi connectivity index (χ4n) is 3.77. The van der Waals surface area contributed by atoms with Gasteiger partial charge in [-0.1, -0.05) is 23.4 Å². The molecule has 1 amide bonds. The molecular weight excluding hydrogens is 482 g/mol. The van der Waals surface area contributed by atoms with Crippen LogP contribution >= 0.6 is 0 Å². The summed E-state index contributed by atoms with van der Waals surface area (Å²) in [5.41, 5.74) is 4.77. The third-order valence-corrected chi connectivity index (χ3v) is 5.41. The Morgan fingerprint density at radius 1 is 0.971 bits per heavy atom. The lowest BCUT2D eigenvalue weighted by molar-refractivity contribution is -0.274. The number of carbonyl (C=O) groups is 1. The Kier molecular flexibility index (Phi) is 6.26. The number of carbonyl (C=O) groups excluding carboxylic acids is 1. The monoisotopic (exact) mass is 500 g/mol. The number of anilines is 2. The van der Waals surface area contributed by atoms with Crippen molar-refractivity contribution in [2.45, 2.75) is 12.5 Å². The number of nitrogens with zero attached hydrogens (tertiary/aromatic N) is 3. The van der Waals surface area contributed by atoms with Crippen LogP contribution in [-0.4, -0.2) is 48.5 Å². The molecule has 4 rings (SSSR count). The summed E-state index contributed by atoms with van der Waals surface area (Å²) in [6, 6.07) is 9.95. The number of aromatic nitrogens is 1. The average molecular weight is 500 g/mol. The number of amides is 1. The Hall–Kier alpha value is -3.90. The van der Waals surface area contributed by atoms with Crippen molar-refractivity contribution in [1.82, 2.24) is 10.1 Å². The fourth-order valence-corrected chi connectivity index (χ4v) is 3.77. The molecule has 1 saturated heterocycles. The van der Waals surface area contributed by atoms with E-state index in [4.69, 9.17) is 10.3 Å². The molecule has 1 aromatic heterocycles. The molecule has 0 bridgehead atoms. The number of benzene rings is 2. The molecule has 0 atom stereocenters. The number of hydrogen-bond donors (Lipinski definition) is 1. The highest BCUT2D eigenvalue weighted by molar-refractivity contribution is 6.04. The number of alkyl halides is 6. The van der Waals surface area contributed by atoms with E-state index < -0.39 is 29.8 Å². The van der Waals surface area contributed by atoms with Crippen LogP contribution in [0.15, 0.2) is 53.1 Å². The van der Waals surface area contributed by atoms with Crippen molar-refractivity contribution < 1.29 is 40.4 Å². The molecule has 13 heteroatoms. The van der Waals surface area contributed by atoms with Crippen molar-refractivity contribution >= 4 is 17.5 Å². The molecule has 186 valence electrons. The number of nitrogens with two attached hydrogens (primary N) is 1. The first-order chi connectivity index (χ1) is 16.4. The van der Waals surface area contributed by atoms with Gasteiger partial charge in [0.2, 0.25) is 5.88 Å². The van der Waals surface area contributed by atoms with Crippen molar-refractivity contribution in [2.24, 2.45) is 0 Å². The highest BCUT2D eigenvalue weighted by Gasteiger charge is 2.35. The summed E-state index contributed by atoms with van der Waals surface area (Å²) >= 11 is 0. The van der Waals surface area contributed by atoms with E-state index >= 15 is 0 Å². The Morgan fingerprint density at radius 2 is 1.66 bits per heavy atom. The first-order valence-corrected chi connectivity index (χ1v) is 10.3. The van der Waals surface area contributed by atoms with Gasteiger partial charge in [0.05, 0.1) is 5.56 Å². The quantitative estimate of drug-likeness (QED) is 0.518. The van der Waals surface area contributed by atoms with Crippen LogP contribution in [0, 0.1) is 0 Å². The van der Waals surface area contributed by atoms with E-state index in [2.05, 4.69) is 9.89 Å². The fraction of sp³-hybridized carbons (Fsp3) is 0.273. The smallest absolute Gasteiger partial charge is 0.405 e. The third-order valence-electron chi connectivity index (χ3n) is 5.41. The van der Waals surface area contributed by atoms with Gasteiger partial charge in [-0.05, 0) is 30.3 Å². The molecule has 2 N–H and O–H groups in total. The van der Waals surface area contributed by atoms with Crippen molar-refractivity contribution in [1.29, 1.82) is 0 Å². The van der Waals surface area contributed by atoms with Crippen LogP contribution in [0.4, 0.5) is 37.9 Å². The summed E-state index contributed by atoms with van der Waals surface area (Å²) in [6.07, 6.45) is -9.46. The lowest BCUT2D eigenvalue weighted by atomic mass is 10.0. The van der Waals surface area contributed by atoms with Gasteiger partial charge in [0, 0.05) is 37.4 Å². The molecule has 2 aromatic carbocycles. The molecule has 2 heterocycles. The van der Waals surface area contributed by atoms with Gasteiger partial charge < -0.3 is 24.8 Å². The SMILES string of the molecule is Nc1onc(-c2ccccc2OC(F)(F)F)c1C(=O)N1CCN(c2cccc(C(F)(F)F)c2)CC1. The largest absolute Gasteiger partial charge is 0.573 e. The summed E-state index contributed by atoms with van der Waals surface area (Å²) in [5, 5.41) is 3.68. The minimum absolute atomic E-state index is 0.125. The van der Waals surface area contributed by atoms with Crippen molar-refractivity contribution in [3.05, 3.63) is 59.7 Å². The van der Waals surface area contributed by atoms with Crippen LogP contribution in [0.3, 0.4) is 0 Å². The number of piperazine rings is 1. The molecule has 0 spiro atoms. The Bertz CT molecular complexity index is 1220. The van der Waals surface area contributed by atoms with Crippen LogP contribution in [0.25, 0.3) is 11.3 Å². The van der Waals surface area contributed by atoms with Crippen molar-refractivity contribution in [2.75, 3.05) is 36.8 Å². The van der Waals surface area contributed by atoms with E-state index in [0.717, 1.165) is 18.2 Å². The highest BCUT2D eigenvalue weighted by atomic mass is 19.4. The van der Waals surface area contributed by atoms with Crippen LogP contribution in [0.2, 0.25) is 0 Å². The van der Waals surface area contributed by atoms with E-state index in [1.165, 1.54) is 29.2 Å². The number of rotatable bonds is 4. The molecule has 0 unspecified atom stereocenters. The van der Waals surface area contributed by atoms with Crippen LogP contribution in [-0.2, 0) is 6.18 Å². The Morgan fingerprint density at radius 3 is 2.31 bits per heavy atom. The number of halogens is 6. The van der Waals surface area contributed by atoms with E-state index in [-0.39, 0.29) is 48.9 Å². The molecule has 0 radical (unpaired) electrons. The normalized spacial score (nSPS) is 14.8. The lowest BCUT2D eigenvalue weighted by Gasteiger charge is -2.36. The van der Waals surface area contributed by atoms with Gasteiger partial charge in [0.15, 0.2) is 0 Å². The number of nitrogen functional groups attached to an aromatic ring is 1. The predicted octanol–water partition coefficient (Wildman–Crippen LogP) is 4.80. The standard InChI is InChI=1S/C22H18F6N4O3/c23-21(24,25)13-4-3-5-14(12-13)31-8-10-32(11-9-31)20(33)17-18(30-35-19(17)29)15-6-1-2-7-16(15)34-22(26,27)28/h1-7,12H,8-11,29H2. The lowest BCUT2D eigenvalue weighted by Crippen LogP contribution is -2.49. The molecule has 1 aliphatic heterocycles. The predicted molar refractivity (Wildman–Crippen MR) is 113 cm³/mol. The second-order valence-electron chi connectivity index (χ2n) is 7.64. The second-order valence-corrected chi connectivity index (χ2v) is 7.64.